The second-order valence-electron chi connectivity index (χ2n) is 2.29. The molecule has 0 aliphatic heterocycles. The van der Waals surface area contributed by atoms with Crippen LogP contribution in [-0.2, 0) is 0 Å². The summed E-state index contributed by atoms with van der Waals surface area (Å²) in [5.41, 5.74) is 1.01. The number of hydrogen-bond donors (Lipinski definition) is 0. The van der Waals surface area contributed by atoms with Crippen LogP contribution in [0, 0.1) is 0 Å². The first-order valence-electron chi connectivity index (χ1n) is 3.52. The van der Waals surface area contributed by atoms with Gasteiger partial charge in [0.1, 0.15) is 4.49 Å². The van der Waals surface area contributed by atoms with Gasteiger partial charge >= 0.3 is 0 Å². The molecule has 96 valence electrons. The van der Waals surface area contributed by atoms with Crippen molar-refractivity contribution >= 4 is 104 Å². The zero-order valence-electron chi connectivity index (χ0n) is 7.48. The standard InChI is InChI=1S/C8HCl9/c9-1-2(10)3(11)4(12)5(13)6(14)7(15)8(16)17/h1H/b2-1-,4-3+,6-5+. The first-order valence-corrected chi connectivity index (χ1v) is 6.98. The summed E-state index contributed by atoms with van der Waals surface area (Å²) in [5, 5.41) is -0.768. The Hall–Kier alpha value is 1.57. The first kappa shape index (κ1) is 18.6. The highest BCUT2D eigenvalue weighted by Crippen LogP contribution is 2.38. The van der Waals surface area contributed by atoms with Gasteiger partial charge in [-0.15, -0.1) is 0 Å². The summed E-state index contributed by atoms with van der Waals surface area (Å²) < 4.78 is -0.269. The van der Waals surface area contributed by atoms with Crippen molar-refractivity contribution in [1.82, 2.24) is 0 Å². The van der Waals surface area contributed by atoms with Gasteiger partial charge in [0.15, 0.2) is 0 Å². The van der Waals surface area contributed by atoms with E-state index < -0.39 is 0 Å². The highest BCUT2D eigenvalue weighted by Gasteiger charge is 2.16. The highest BCUT2D eigenvalue weighted by atomic mass is 35.5. The molecule has 0 amide bonds. The number of hydrogen-bond acceptors (Lipinski definition) is 0. The molecule has 0 bridgehead atoms. The highest BCUT2D eigenvalue weighted by molar-refractivity contribution is 6.62. The van der Waals surface area contributed by atoms with Crippen LogP contribution in [0.25, 0.3) is 0 Å². The van der Waals surface area contributed by atoms with E-state index in [1.807, 2.05) is 0 Å². The minimum Gasteiger partial charge on any atom is -0.0913 e. The van der Waals surface area contributed by atoms with Gasteiger partial charge in [0.2, 0.25) is 0 Å². The Kier molecular flexibility index (Phi) is 9.49. The third-order valence-corrected chi connectivity index (χ3v) is 4.83. The van der Waals surface area contributed by atoms with E-state index in [4.69, 9.17) is 104 Å². The van der Waals surface area contributed by atoms with Crippen molar-refractivity contribution in [1.29, 1.82) is 0 Å². The maximum Gasteiger partial charge on any atom is 0.126 e. The number of allylic oxidation sites excluding steroid dienone is 6. The van der Waals surface area contributed by atoms with Crippen LogP contribution in [-0.4, -0.2) is 0 Å². The van der Waals surface area contributed by atoms with Crippen LogP contribution in [0.2, 0.25) is 0 Å². The van der Waals surface area contributed by atoms with Crippen molar-refractivity contribution in [2.45, 2.75) is 0 Å². The molecule has 0 aliphatic carbocycles. The Labute approximate surface area is 143 Å². The van der Waals surface area contributed by atoms with Crippen molar-refractivity contribution < 1.29 is 0 Å². The minimum absolute atomic E-state index is 0.0157. The smallest absolute Gasteiger partial charge is 0.0913 e. The third kappa shape index (κ3) is 5.60. The molecule has 17 heavy (non-hydrogen) atoms. The van der Waals surface area contributed by atoms with E-state index in [1.54, 1.807) is 0 Å². The van der Waals surface area contributed by atoms with Crippen LogP contribution in [0.5, 0.6) is 0 Å². The Bertz CT molecular complexity index is 422. The number of halogens is 9. The molecule has 0 aliphatic rings. The molecule has 0 heterocycles. The van der Waals surface area contributed by atoms with Crippen molar-refractivity contribution in [2.24, 2.45) is 0 Å². The molecule has 0 spiro atoms. The van der Waals surface area contributed by atoms with Gasteiger partial charge in [0, 0.05) is 5.54 Å². The molecule has 0 radical (unpaired) electrons. The fraction of sp³-hybridized carbons (Fsp3) is 0. The lowest BCUT2D eigenvalue weighted by Crippen LogP contribution is -1.85. The van der Waals surface area contributed by atoms with Gasteiger partial charge in [0.25, 0.3) is 0 Å². The van der Waals surface area contributed by atoms with Gasteiger partial charge in [-0.25, -0.2) is 0 Å². The van der Waals surface area contributed by atoms with E-state index in [-0.39, 0.29) is 34.7 Å². The van der Waals surface area contributed by atoms with Gasteiger partial charge in [-0.3, -0.25) is 0 Å². The van der Waals surface area contributed by atoms with Crippen LogP contribution in [0.1, 0.15) is 0 Å². The molecule has 0 saturated heterocycles. The second kappa shape index (κ2) is 8.68. The topological polar surface area (TPSA) is 0 Å². The predicted molar refractivity (Wildman–Crippen MR) is 81.8 cm³/mol. The fourth-order valence-electron chi connectivity index (χ4n) is 0.525. The molecule has 0 aromatic heterocycles. The summed E-state index contributed by atoms with van der Waals surface area (Å²) in [4.78, 5) is 0. The molecule has 0 fully saturated rings. The maximum atomic E-state index is 5.83. The molecular formula is C8HCl9. The van der Waals surface area contributed by atoms with Crippen molar-refractivity contribution in [2.75, 3.05) is 0 Å². The summed E-state index contributed by atoms with van der Waals surface area (Å²) in [6, 6.07) is 0. The second-order valence-corrected chi connectivity index (χ2v) is 5.75. The summed E-state index contributed by atoms with van der Waals surface area (Å²) in [6.07, 6.45) is 0. The van der Waals surface area contributed by atoms with Crippen molar-refractivity contribution in [3.05, 3.63) is 40.2 Å². The predicted octanol–water partition coefficient (Wildman–Crippen LogP) is 7.57. The fourth-order valence-corrected chi connectivity index (χ4v) is 2.08. The lowest BCUT2D eigenvalue weighted by atomic mass is 10.4. The minimum atomic E-state index is -0.269. The van der Waals surface area contributed by atoms with E-state index >= 15 is 0 Å². The van der Waals surface area contributed by atoms with E-state index in [0.29, 0.717) is 0 Å². The largest absolute Gasteiger partial charge is 0.126 e. The molecule has 0 aromatic rings. The monoisotopic (exact) mass is 412 g/mol. The van der Waals surface area contributed by atoms with Crippen LogP contribution >= 0.6 is 104 Å². The van der Waals surface area contributed by atoms with Crippen LogP contribution in [0.15, 0.2) is 40.2 Å². The Morgan fingerprint density at radius 1 is 0.529 bits per heavy atom. The maximum absolute atomic E-state index is 5.83. The molecule has 9 heteroatoms. The van der Waals surface area contributed by atoms with Gasteiger partial charge < -0.3 is 0 Å². The van der Waals surface area contributed by atoms with Crippen molar-refractivity contribution in [3.63, 3.8) is 0 Å². The molecule has 0 aromatic carbocycles. The summed E-state index contributed by atoms with van der Waals surface area (Å²) in [6.45, 7) is 0. The van der Waals surface area contributed by atoms with Gasteiger partial charge in [-0.2, -0.15) is 0 Å². The zero-order chi connectivity index (χ0) is 13.7. The molecule has 0 nitrogen and oxygen atoms in total. The average molecular weight is 416 g/mol. The van der Waals surface area contributed by atoms with E-state index in [9.17, 15) is 0 Å². The molecule has 0 unspecified atom stereocenters. The van der Waals surface area contributed by atoms with Gasteiger partial charge in [-0.05, 0) is 0 Å². The first-order chi connectivity index (χ1) is 7.73. The number of rotatable bonds is 3. The molecule has 0 saturated carbocycles. The van der Waals surface area contributed by atoms with E-state index in [0.717, 1.165) is 5.54 Å². The van der Waals surface area contributed by atoms with Crippen LogP contribution in [0.4, 0.5) is 0 Å². The third-order valence-electron chi connectivity index (χ3n) is 1.24. The molecular weight excluding hydrogens is 415 g/mol. The van der Waals surface area contributed by atoms with Crippen LogP contribution in [0.3, 0.4) is 0 Å². The van der Waals surface area contributed by atoms with E-state index in [1.165, 1.54) is 0 Å². The Morgan fingerprint density at radius 3 is 1.24 bits per heavy atom. The summed E-state index contributed by atoms with van der Waals surface area (Å²) >= 11 is 50.7. The van der Waals surface area contributed by atoms with E-state index in [2.05, 4.69) is 0 Å². The lowest BCUT2D eigenvalue weighted by Gasteiger charge is -2.04. The quantitative estimate of drug-likeness (QED) is 0.417. The molecule has 0 rings (SSSR count). The Balaban J connectivity index is 5.69. The zero-order valence-corrected chi connectivity index (χ0v) is 14.3. The molecule has 0 N–H and O–H groups in total. The van der Waals surface area contributed by atoms with Gasteiger partial charge in [-0.1, -0.05) is 104 Å². The normalized spacial score (nSPS) is 15.2. The van der Waals surface area contributed by atoms with Gasteiger partial charge in [0.05, 0.1) is 30.2 Å². The van der Waals surface area contributed by atoms with Crippen LogP contribution < -0.4 is 0 Å². The summed E-state index contributed by atoms with van der Waals surface area (Å²) in [7, 11) is 0. The SMILES string of the molecule is Cl/C=C(Cl)/C(Cl)=C(Cl)/C(Cl)=C(\Cl)C(Cl)=C(Cl)Cl. The average Bonchev–Trinajstić information content (AvgIpc) is 2.32. The van der Waals surface area contributed by atoms with Crippen molar-refractivity contribution in [3.8, 4) is 0 Å². The molecule has 0 atom stereocenters. The summed E-state index contributed by atoms with van der Waals surface area (Å²) in [5.74, 6) is 0. The lowest BCUT2D eigenvalue weighted by molar-refractivity contribution is 1.67. The Morgan fingerprint density at radius 2 is 0.882 bits per heavy atom.